The average molecular weight is 557 g/mol. The molecule has 0 spiro atoms. The minimum absolute atomic E-state index is 0.0260. The van der Waals surface area contributed by atoms with E-state index in [4.69, 9.17) is 5.10 Å². The Morgan fingerprint density at radius 1 is 1.02 bits per heavy atom. The quantitative estimate of drug-likeness (QED) is 0.422. The second-order valence-corrected chi connectivity index (χ2v) is 10.9. The van der Waals surface area contributed by atoms with Gasteiger partial charge in [0, 0.05) is 37.4 Å². The number of urea groups is 1. The van der Waals surface area contributed by atoms with E-state index in [-0.39, 0.29) is 36.0 Å². The summed E-state index contributed by atoms with van der Waals surface area (Å²) in [5, 5.41) is 8.04. The van der Waals surface area contributed by atoms with E-state index in [0.717, 1.165) is 36.7 Å². The highest BCUT2D eigenvalue weighted by molar-refractivity contribution is 5.94. The lowest BCUT2D eigenvalue weighted by Gasteiger charge is -2.43. The van der Waals surface area contributed by atoms with Crippen LogP contribution in [0.15, 0.2) is 48.7 Å². The molecule has 11 heteroatoms. The fourth-order valence-electron chi connectivity index (χ4n) is 6.27. The van der Waals surface area contributed by atoms with Crippen molar-refractivity contribution in [3.63, 3.8) is 0 Å². The number of carbonyl (C=O) groups excluding carboxylic acids is 1. The molecule has 2 aromatic carbocycles. The van der Waals surface area contributed by atoms with Crippen molar-refractivity contribution in [1.82, 2.24) is 20.0 Å². The van der Waals surface area contributed by atoms with E-state index in [1.165, 1.54) is 23.1 Å². The standard InChI is InChI=1S/C29H32F4N6O/c1-19-5-4-8-25(30)26(19)36-13-10-22(11-14-36)37-17-21-18-39(23-9-12-34-15-23)35-27(21)38(28(37)40)16-20-6-2-3-7-24(20)29(31,32)33/h2-8,18,22-23,34H,9-17H2,1H3. The molecule has 2 fully saturated rings. The Bertz CT molecular complexity index is 1370. The van der Waals surface area contributed by atoms with Crippen LogP contribution in [0.25, 0.3) is 0 Å². The molecule has 0 radical (unpaired) electrons. The number of hydrogen-bond donors (Lipinski definition) is 1. The summed E-state index contributed by atoms with van der Waals surface area (Å²) in [7, 11) is 0. The summed E-state index contributed by atoms with van der Waals surface area (Å²) in [5.41, 5.74) is 1.54. The van der Waals surface area contributed by atoms with Gasteiger partial charge in [-0.2, -0.15) is 18.3 Å². The summed E-state index contributed by atoms with van der Waals surface area (Å²) in [6.07, 6.45) is -0.453. The highest BCUT2D eigenvalue weighted by Gasteiger charge is 2.40. The smallest absolute Gasteiger partial charge is 0.369 e. The topological polar surface area (TPSA) is 56.6 Å². The second-order valence-electron chi connectivity index (χ2n) is 10.9. The molecule has 40 heavy (non-hydrogen) atoms. The van der Waals surface area contributed by atoms with E-state index in [0.29, 0.717) is 44.0 Å². The van der Waals surface area contributed by atoms with Crippen molar-refractivity contribution in [2.24, 2.45) is 0 Å². The van der Waals surface area contributed by atoms with Gasteiger partial charge in [-0.1, -0.05) is 30.3 Å². The van der Waals surface area contributed by atoms with Gasteiger partial charge in [0.2, 0.25) is 0 Å². The van der Waals surface area contributed by atoms with Crippen molar-refractivity contribution in [2.75, 3.05) is 36.0 Å². The minimum Gasteiger partial charge on any atom is -0.369 e. The van der Waals surface area contributed by atoms with E-state index < -0.39 is 11.7 Å². The summed E-state index contributed by atoms with van der Waals surface area (Å²) >= 11 is 0. The number of aromatic nitrogens is 2. The molecule has 1 N–H and O–H groups in total. The van der Waals surface area contributed by atoms with Crippen molar-refractivity contribution in [3.05, 3.63) is 76.7 Å². The van der Waals surface area contributed by atoms with Crippen LogP contribution in [0.3, 0.4) is 0 Å². The van der Waals surface area contributed by atoms with Crippen LogP contribution in [0, 0.1) is 12.7 Å². The second kappa shape index (κ2) is 10.4. The van der Waals surface area contributed by atoms with E-state index in [2.05, 4.69) is 5.32 Å². The van der Waals surface area contributed by atoms with Gasteiger partial charge in [-0.05, 0) is 56.0 Å². The minimum atomic E-state index is -4.54. The maximum Gasteiger partial charge on any atom is 0.416 e. The van der Waals surface area contributed by atoms with E-state index >= 15 is 0 Å². The van der Waals surface area contributed by atoms with Gasteiger partial charge in [0.15, 0.2) is 5.82 Å². The number of benzene rings is 2. The first-order valence-corrected chi connectivity index (χ1v) is 13.7. The number of halogens is 4. The molecule has 4 heterocycles. The third kappa shape index (κ3) is 4.91. The first-order valence-electron chi connectivity index (χ1n) is 13.7. The number of amides is 2. The summed E-state index contributed by atoms with van der Waals surface area (Å²) in [6.45, 7) is 4.76. The Balaban J connectivity index is 1.29. The Hall–Kier alpha value is -3.60. The Morgan fingerprint density at radius 2 is 1.80 bits per heavy atom. The van der Waals surface area contributed by atoms with Gasteiger partial charge in [-0.15, -0.1) is 0 Å². The van der Waals surface area contributed by atoms with Crippen LogP contribution in [-0.2, 0) is 19.3 Å². The SMILES string of the molecule is Cc1cccc(F)c1N1CCC(N2Cc3cn(C4CCNC4)nc3N(Cc3ccccc3C(F)(F)F)C2=O)CC1. The highest BCUT2D eigenvalue weighted by atomic mass is 19.4. The number of nitrogens with zero attached hydrogens (tertiary/aromatic N) is 5. The first kappa shape index (κ1) is 26.6. The van der Waals surface area contributed by atoms with Gasteiger partial charge in [-0.25, -0.2) is 9.18 Å². The number of aryl methyl sites for hydroxylation is 1. The monoisotopic (exact) mass is 556 g/mol. The van der Waals surface area contributed by atoms with Crippen molar-refractivity contribution in [2.45, 2.75) is 57.5 Å². The molecule has 2 amide bonds. The van der Waals surface area contributed by atoms with Crippen LogP contribution in [-0.4, -0.2) is 52.9 Å². The molecule has 2 saturated heterocycles. The van der Waals surface area contributed by atoms with Crippen LogP contribution < -0.4 is 15.1 Å². The number of rotatable bonds is 5. The molecular weight excluding hydrogens is 524 g/mol. The average Bonchev–Trinajstić information content (AvgIpc) is 3.61. The molecule has 3 aliphatic rings. The molecule has 1 unspecified atom stereocenters. The molecular formula is C29H32F4N6O. The third-order valence-electron chi connectivity index (χ3n) is 8.33. The lowest BCUT2D eigenvalue weighted by molar-refractivity contribution is -0.138. The lowest BCUT2D eigenvalue weighted by Crippen LogP contribution is -2.54. The largest absolute Gasteiger partial charge is 0.416 e. The van der Waals surface area contributed by atoms with Gasteiger partial charge >= 0.3 is 12.2 Å². The summed E-state index contributed by atoms with van der Waals surface area (Å²) in [4.78, 5) is 19.2. The number of carbonyl (C=O) groups is 1. The molecule has 7 nitrogen and oxygen atoms in total. The molecule has 0 saturated carbocycles. The fourth-order valence-corrected chi connectivity index (χ4v) is 6.27. The predicted octanol–water partition coefficient (Wildman–Crippen LogP) is 5.50. The van der Waals surface area contributed by atoms with Crippen molar-refractivity contribution in [3.8, 4) is 0 Å². The Kier molecular flexibility index (Phi) is 6.93. The summed E-state index contributed by atoms with van der Waals surface area (Å²) < 4.78 is 58.0. The first-order chi connectivity index (χ1) is 19.2. The van der Waals surface area contributed by atoms with Gasteiger partial charge in [0.1, 0.15) is 5.82 Å². The number of para-hydroxylation sites is 1. The van der Waals surface area contributed by atoms with Gasteiger partial charge < -0.3 is 15.1 Å². The molecule has 3 aromatic rings. The van der Waals surface area contributed by atoms with Crippen molar-refractivity contribution in [1.29, 1.82) is 0 Å². The maximum atomic E-state index is 14.6. The van der Waals surface area contributed by atoms with Gasteiger partial charge in [0.25, 0.3) is 0 Å². The third-order valence-corrected chi connectivity index (χ3v) is 8.33. The van der Waals surface area contributed by atoms with E-state index in [1.807, 2.05) is 28.8 Å². The number of piperidine rings is 1. The van der Waals surface area contributed by atoms with Gasteiger partial charge in [-0.3, -0.25) is 9.58 Å². The van der Waals surface area contributed by atoms with Crippen LogP contribution in [0.5, 0.6) is 0 Å². The summed E-state index contributed by atoms with van der Waals surface area (Å²) in [5.74, 6) is 0.157. The number of nitrogens with one attached hydrogen (secondary N) is 1. The molecule has 0 aliphatic carbocycles. The molecule has 3 aliphatic heterocycles. The normalized spacial score (nSPS) is 20.4. The Labute approximate surface area is 230 Å². The number of anilines is 2. The van der Waals surface area contributed by atoms with Crippen LogP contribution in [0.2, 0.25) is 0 Å². The number of hydrogen-bond acceptors (Lipinski definition) is 4. The lowest BCUT2D eigenvalue weighted by atomic mass is 10.00. The van der Waals surface area contributed by atoms with Gasteiger partial charge in [0.05, 0.1) is 30.4 Å². The molecule has 212 valence electrons. The van der Waals surface area contributed by atoms with Crippen molar-refractivity contribution < 1.29 is 22.4 Å². The maximum absolute atomic E-state index is 14.6. The van der Waals surface area contributed by atoms with Crippen LogP contribution >= 0.6 is 0 Å². The zero-order valence-electron chi connectivity index (χ0n) is 22.3. The summed E-state index contributed by atoms with van der Waals surface area (Å²) in [6, 6.07) is 10.1. The molecule has 1 aromatic heterocycles. The number of fused-ring (bicyclic) bond motifs is 1. The Morgan fingerprint density at radius 3 is 2.50 bits per heavy atom. The predicted molar refractivity (Wildman–Crippen MR) is 144 cm³/mol. The van der Waals surface area contributed by atoms with E-state index in [9.17, 15) is 22.4 Å². The molecule has 6 rings (SSSR count). The fraction of sp³-hybridized carbons (Fsp3) is 0.448. The molecule has 0 bridgehead atoms. The van der Waals surface area contributed by atoms with Crippen molar-refractivity contribution >= 4 is 17.5 Å². The number of alkyl halides is 3. The van der Waals surface area contributed by atoms with Crippen LogP contribution in [0.1, 0.15) is 47.6 Å². The van der Waals surface area contributed by atoms with E-state index in [1.54, 1.807) is 17.0 Å². The zero-order chi connectivity index (χ0) is 28.0. The highest BCUT2D eigenvalue weighted by Crippen LogP contribution is 2.37. The molecule has 1 atom stereocenters. The van der Waals surface area contributed by atoms with Crippen LogP contribution in [0.4, 0.5) is 33.9 Å². The zero-order valence-corrected chi connectivity index (χ0v) is 22.3.